The Morgan fingerprint density at radius 1 is 1.26 bits per heavy atom. The van der Waals surface area contributed by atoms with E-state index in [9.17, 15) is 9.59 Å². The zero-order valence-corrected chi connectivity index (χ0v) is 17.6. The Bertz CT molecular complexity index is 743. The van der Waals surface area contributed by atoms with E-state index in [1.165, 1.54) is 0 Å². The van der Waals surface area contributed by atoms with Gasteiger partial charge in [-0.05, 0) is 54.9 Å². The molecule has 1 aliphatic carbocycles. The third-order valence-electron chi connectivity index (χ3n) is 4.98. The second kappa shape index (κ2) is 8.98. The van der Waals surface area contributed by atoms with Gasteiger partial charge in [0.2, 0.25) is 5.91 Å². The summed E-state index contributed by atoms with van der Waals surface area (Å²) in [6.07, 6.45) is 1.75. The highest BCUT2D eigenvalue weighted by atomic mass is 35.5. The standard InChI is InChI=1S/C20H26Cl2N2O3/c1-12-6-7-13(2)15(10-12)24-19(26)27-9-5-8-23-18(25)17-14(11-16(21)22)20(17,3)4/h6-7,10-11,14,17H,5,8-9H2,1-4H3,(H,23,25)(H,24,26). The quantitative estimate of drug-likeness (QED) is 0.622. The number of hydrogen-bond donors (Lipinski definition) is 2. The fourth-order valence-corrected chi connectivity index (χ4v) is 3.47. The Kier molecular flexibility index (Phi) is 7.18. The zero-order chi connectivity index (χ0) is 20.2. The third kappa shape index (κ3) is 5.88. The van der Waals surface area contributed by atoms with Gasteiger partial charge in [-0.25, -0.2) is 4.79 Å². The maximum Gasteiger partial charge on any atom is 0.411 e. The van der Waals surface area contributed by atoms with E-state index in [4.69, 9.17) is 27.9 Å². The summed E-state index contributed by atoms with van der Waals surface area (Å²) in [5.74, 6) is -0.128. The molecular formula is C20H26Cl2N2O3. The van der Waals surface area contributed by atoms with Gasteiger partial charge in [-0.3, -0.25) is 10.1 Å². The fraction of sp³-hybridized carbons (Fsp3) is 0.500. The summed E-state index contributed by atoms with van der Waals surface area (Å²) in [7, 11) is 0. The molecule has 27 heavy (non-hydrogen) atoms. The van der Waals surface area contributed by atoms with Crippen molar-refractivity contribution in [2.75, 3.05) is 18.5 Å². The Morgan fingerprint density at radius 3 is 2.63 bits per heavy atom. The van der Waals surface area contributed by atoms with E-state index in [0.29, 0.717) is 13.0 Å². The topological polar surface area (TPSA) is 67.4 Å². The summed E-state index contributed by atoms with van der Waals surface area (Å²) in [5.41, 5.74) is 2.62. The second-order valence-corrected chi connectivity index (χ2v) is 8.51. The molecule has 2 atom stereocenters. The van der Waals surface area contributed by atoms with Gasteiger partial charge in [0.05, 0.1) is 12.5 Å². The molecule has 2 unspecified atom stereocenters. The SMILES string of the molecule is Cc1ccc(C)c(NC(=O)OCCCNC(=O)C2C(C=C(Cl)Cl)C2(C)C)c1. The Morgan fingerprint density at radius 2 is 1.96 bits per heavy atom. The lowest BCUT2D eigenvalue weighted by Gasteiger charge is -2.10. The van der Waals surface area contributed by atoms with Gasteiger partial charge in [0, 0.05) is 12.2 Å². The summed E-state index contributed by atoms with van der Waals surface area (Å²) in [4.78, 5) is 24.1. The first-order valence-electron chi connectivity index (χ1n) is 8.94. The van der Waals surface area contributed by atoms with Crippen molar-refractivity contribution in [1.82, 2.24) is 5.32 Å². The highest BCUT2D eigenvalue weighted by Gasteiger charge is 2.60. The van der Waals surface area contributed by atoms with Crippen molar-refractivity contribution in [3.8, 4) is 0 Å². The van der Waals surface area contributed by atoms with Gasteiger partial charge < -0.3 is 10.1 Å². The normalized spacial score (nSPS) is 19.8. The van der Waals surface area contributed by atoms with Crippen molar-refractivity contribution in [2.45, 2.75) is 34.1 Å². The van der Waals surface area contributed by atoms with Crippen LogP contribution in [0.2, 0.25) is 0 Å². The molecule has 2 rings (SSSR count). The molecule has 148 valence electrons. The molecule has 1 aliphatic rings. The van der Waals surface area contributed by atoms with Gasteiger partial charge in [0.1, 0.15) is 4.49 Å². The molecule has 1 saturated carbocycles. The first kappa shape index (κ1) is 21.6. The summed E-state index contributed by atoms with van der Waals surface area (Å²) >= 11 is 11.4. The van der Waals surface area contributed by atoms with Crippen molar-refractivity contribution < 1.29 is 14.3 Å². The molecule has 0 aliphatic heterocycles. The second-order valence-electron chi connectivity index (χ2n) is 7.51. The lowest BCUT2D eigenvalue weighted by Crippen LogP contribution is -2.28. The van der Waals surface area contributed by atoms with Crippen LogP contribution in [0.15, 0.2) is 28.8 Å². The highest BCUT2D eigenvalue weighted by molar-refractivity contribution is 6.55. The van der Waals surface area contributed by atoms with Crippen LogP contribution in [-0.2, 0) is 9.53 Å². The van der Waals surface area contributed by atoms with Crippen LogP contribution in [0.5, 0.6) is 0 Å². The number of ether oxygens (including phenoxy) is 1. The largest absolute Gasteiger partial charge is 0.449 e. The van der Waals surface area contributed by atoms with Crippen molar-refractivity contribution in [2.24, 2.45) is 17.3 Å². The molecule has 1 aromatic rings. The van der Waals surface area contributed by atoms with E-state index in [1.807, 2.05) is 45.9 Å². The van der Waals surface area contributed by atoms with Crippen LogP contribution in [0.1, 0.15) is 31.4 Å². The Balaban J connectivity index is 1.67. The van der Waals surface area contributed by atoms with Crippen molar-refractivity contribution in [3.05, 3.63) is 39.9 Å². The van der Waals surface area contributed by atoms with Gasteiger partial charge >= 0.3 is 6.09 Å². The molecule has 1 fully saturated rings. The summed E-state index contributed by atoms with van der Waals surface area (Å²) < 4.78 is 5.35. The van der Waals surface area contributed by atoms with Gasteiger partial charge in [-0.1, -0.05) is 49.2 Å². The molecule has 5 nitrogen and oxygen atoms in total. The number of halogens is 2. The minimum Gasteiger partial charge on any atom is -0.449 e. The van der Waals surface area contributed by atoms with E-state index in [1.54, 1.807) is 6.08 Å². The smallest absolute Gasteiger partial charge is 0.411 e. The van der Waals surface area contributed by atoms with Crippen LogP contribution in [-0.4, -0.2) is 25.2 Å². The van der Waals surface area contributed by atoms with Gasteiger partial charge in [0.25, 0.3) is 0 Å². The Labute approximate surface area is 170 Å². The molecule has 2 N–H and O–H groups in total. The van der Waals surface area contributed by atoms with Gasteiger partial charge in [-0.2, -0.15) is 0 Å². The number of amides is 2. The first-order chi connectivity index (χ1) is 12.6. The minimum absolute atomic E-state index is 0.0318. The maximum absolute atomic E-state index is 12.3. The average molecular weight is 413 g/mol. The fourth-order valence-electron chi connectivity index (χ4n) is 3.20. The van der Waals surface area contributed by atoms with E-state index >= 15 is 0 Å². The van der Waals surface area contributed by atoms with Crippen LogP contribution in [0, 0.1) is 31.1 Å². The van der Waals surface area contributed by atoms with E-state index < -0.39 is 6.09 Å². The molecule has 1 aromatic carbocycles. The van der Waals surface area contributed by atoms with Gasteiger partial charge in [-0.15, -0.1) is 0 Å². The third-order valence-corrected chi connectivity index (χ3v) is 5.23. The van der Waals surface area contributed by atoms with Crippen molar-refractivity contribution in [3.63, 3.8) is 0 Å². The number of benzene rings is 1. The highest BCUT2D eigenvalue weighted by Crippen LogP contribution is 2.59. The monoisotopic (exact) mass is 412 g/mol. The molecule has 0 aromatic heterocycles. The number of hydrogen-bond acceptors (Lipinski definition) is 3. The van der Waals surface area contributed by atoms with Crippen LogP contribution in [0.3, 0.4) is 0 Å². The molecule has 0 spiro atoms. The number of rotatable bonds is 7. The Hall–Kier alpha value is -1.72. The molecule has 0 heterocycles. The number of anilines is 1. The first-order valence-corrected chi connectivity index (χ1v) is 9.70. The lowest BCUT2D eigenvalue weighted by molar-refractivity contribution is -0.123. The van der Waals surface area contributed by atoms with E-state index in [0.717, 1.165) is 16.8 Å². The number of carbonyl (C=O) groups excluding carboxylic acids is 2. The number of allylic oxidation sites excluding steroid dienone is 1. The molecule has 2 amide bonds. The molecule has 7 heteroatoms. The zero-order valence-electron chi connectivity index (χ0n) is 16.1. The van der Waals surface area contributed by atoms with E-state index in [-0.39, 0.29) is 34.3 Å². The van der Waals surface area contributed by atoms with Gasteiger partial charge in [0.15, 0.2) is 0 Å². The number of nitrogens with one attached hydrogen (secondary N) is 2. The molecule has 0 bridgehead atoms. The van der Waals surface area contributed by atoms with Crippen molar-refractivity contribution >= 4 is 40.9 Å². The van der Waals surface area contributed by atoms with Crippen LogP contribution in [0.4, 0.5) is 10.5 Å². The predicted octanol–water partition coefficient (Wildman–Crippen LogP) is 4.95. The number of aryl methyl sites for hydroxylation is 2. The lowest BCUT2D eigenvalue weighted by atomic mass is 10.1. The van der Waals surface area contributed by atoms with Crippen molar-refractivity contribution in [1.29, 1.82) is 0 Å². The van der Waals surface area contributed by atoms with Crippen LogP contribution >= 0.6 is 23.2 Å². The minimum atomic E-state index is -0.500. The summed E-state index contributed by atoms with van der Waals surface area (Å²) in [5, 5.41) is 5.61. The maximum atomic E-state index is 12.3. The predicted molar refractivity (Wildman–Crippen MR) is 109 cm³/mol. The van der Waals surface area contributed by atoms with Crippen LogP contribution < -0.4 is 10.6 Å². The average Bonchev–Trinajstić information content (AvgIpc) is 3.10. The molecular weight excluding hydrogens is 387 g/mol. The molecule has 0 radical (unpaired) electrons. The number of carbonyl (C=O) groups is 2. The van der Waals surface area contributed by atoms with E-state index in [2.05, 4.69) is 10.6 Å². The molecule has 0 saturated heterocycles. The summed E-state index contributed by atoms with van der Waals surface area (Å²) in [6, 6.07) is 5.82. The van der Waals surface area contributed by atoms with Crippen LogP contribution in [0.25, 0.3) is 0 Å². The summed E-state index contributed by atoms with van der Waals surface area (Å²) in [6.45, 7) is 8.56.